The van der Waals surface area contributed by atoms with Crippen LogP contribution in [0.25, 0.3) is 0 Å². The van der Waals surface area contributed by atoms with Crippen molar-refractivity contribution in [1.82, 2.24) is 0 Å². The molecule has 0 bridgehead atoms. The average molecular weight is 334 g/mol. The van der Waals surface area contributed by atoms with Crippen molar-refractivity contribution in [2.45, 2.75) is 19.1 Å². The van der Waals surface area contributed by atoms with E-state index in [1.165, 1.54) is 0 Å². The first kappa shape index (κ1) is 13.2. The van der Waals surface area contributed by atoms with Crippen LogP contribution in [0.2, 0.25) is 5.02 Å². The predicted molar refractivity (Wildman–Crippen MR) is 81.3 cm³/mol. The lowest BCUT2D eigenvalue weighted by Crippen LogP contribution is -2.13. The summed E-state index contributed by atoms with van der Waals surface area (Å²) in [5.41, 5.74) is 0.966. The first-order valence-electron chi connectivity index (χ1n) is 5.49. The van der Waals surface area contributed by atoms with Gasteiger partial charge in [0.1, 0.15) is 0 Å². The van der Waals surface area contributed by atoms with E-state index in [2.05, 4.69) is 40.1 Å². The van der Waals surface area contributed by atoms with Crippen molar-refractivity contribution < 1.29 is 0 Å². The first-order valence-corrected chi connectivity index (χ1v) is 7.54. The van der Waals surface area contributed by atoms with Crippen LogP contribution in [0, 0.1) is 5.92 Å². The molecular formula is C12H14BrClN2S. The highest BCUT2D eigenvalue weighted by Gasteiger charge is 2.22. The molecule has 0 radical (unpaired) electrons. The average Bonchev–Trinajstić information content (AvgIpc) is 2.72. The quantitative estimate of drug-likeness (QED) is 0.852. The lowest BCUT2D eigenvalue weighted by atomic mass is 10.1. The summed E-state index contributed by atoms with van der Waals surface area (Å²) in [5.74, 6) is 0.644. The Morgan fingerprint density at radius 2 is 2.29 bits per heavy atom. The molecule has 0 saturated carbocycles. The van der Waals surface area contributed by atoms with Crippen molar-refractivity contribution in [2.24, 2.45) is 10.9 Å². The fourth-order valence-electron chi connectivity index (χ4n) is 1.52. The van der Waals surface area contributed by atoms with E-state index in [4.69, 9.17) is 11.6 Å². The molecule has 1 aromatic rings. The molecule has 17 heavy (non-hydrogen) atoms. The fourth-order valence-corrected chi connectivity index (χ4v) is 3.06. The van der Waals surface area contributed by atoms with Gasteiger partial charge in [-0.1, -0.05) is 37.2 Å². The molecule has 0 saturated heterocycles. The van der Waals surface area contributed by atoms with Crippen LogP contribution in [0.4, 0.5) is 5.69 Å². The van der Waals surface area contributed by atoms with E-state index in [-0.39, 0.29) is 0 Å². The zero-order valence-corrected chi connectivity index (χ0v) is 12.9. The number of aliphatic imine (C=N–C) groups is 1. The summed E-state index contributed by atoms with van der Waals surface area (Å²) in [6.45, 7) is 5.35. The lowest BCUT2D eigenvalue weighted by Gasteiger charge is -2.12. The molecule has 0 aromatic heterocycles. The van der Waals surface area contributed by atoms with Gasteiger partial charge in [-0.3, -0.25) is 4.99 Å². The molecule has 2 rings (SSSR count). The highest BCUT2D eigenvalue weighted by molar-refractivity contribution is 9.10. The zero-order valence-electron chi connectivity index (χ0n) is 9.71. The predicted octanol–water partition coefficient (Wildman–Crippen LogP) is 4.64. The fraction of sp³-hybridized carbons (Fsp3) is 0.417. The van der Waals surface area contributed by atoms with Gasteiger partial charge in [0.25, 0.3) is 0 Å². The van der Waals surface area contributed by atoms with Crippen molar-refractivity contribution in [3.05, 3.63) is 27.7 Å². The van der Waals surface area contributed by atoms with Gasteiger partial charge >= 0.3 is 0 Å². The topological polar surface area (TPSA) is 24.4 Å². The number of rotatable bonds is 2. The summed E-state index contributed by atoms with van der Waals surface area (Å²) in [6.07, 6.45) is 0. The number of halogens is 2. The van der Waals surface area contributed by atoms with Gasteiger partial charge in [-0.15, -0.1) is 0 Å². The minimum Gasteiger partial charge on any atom is -0.334 e. The maximum Gasteiger partial charge on any atom is 0.161 e. The van der Waals surface area contributed by atoms with Gasteiger partial charge in [0.2, 0.25) is 0 Å². The second-order valence-electron chi connectivity index (χ2n) is 4.30. The number of benzene rings is 1. The van der Waals surface area contributed by atoms with Gasteiger partial charge in [0.15, 0.2) is 5.17 Å². The zero-order chi connectivity index (χ0) is 12.4. The molecule has 2 nitrogen and oxygen atoms in total. The Morgan fingerprint density at radius 3 is 2.94 bits per heavy atom. The van der Waals surface area contributed by atoms with Crippen molar-refractivity contribution >= 4 is 50.1 Å². The van der Waals surface area contributed by atoms with E-state index in [0.29, 0.717) is 11.2 Å². The van der Waals surface area contributed by atoms with Gasteiger partial charge < -0.3 is 5.32 Å². The molecule has 0 spiro atoms. The van der Waals surface area contributed by atoms with Crippen LogP contribution < -0.4 is 5.32 Å². The second kappa shape index (κ2) is 5.63. The Bertz CT molecular complexity index is 448. The van der Waals surface area contributed by atoms with E-state index in [1.807, 2.05) is 18.2 Å². The van der Waals surface area contributed by atoms with Gasteiger partial charge in [0.05, 0.1) is 12.2 Å². The molecule has 5 heteroatoms. The minimum absolute atomic E-state index is 0.579. The number of hydrogen-bond donors (Lipinski definition) is 1. The molecule has 1 N–H and O–H groups in total. The summed E-state index contributed by atoms with van der Waals surface area (Å²) in [5, 5.41) is 5.60. The molecular weight excluding hydrogens is 320 g/mol. The molecule has 1 atom stereocenters. The third-order valence-corrected chi connectivity index (χ3v) is 4.97. The Kier molecular flexibility index (Phi) is 4.39. The molecule has 1 unspecified atom stereocenters. The largest absolute Gasteiger partial charge is 0.334 e. The maximum absolute atomic E-state index is 5.97. The number of anilines is 1. The van der Waals surface area contributed by atoms with Crippen LogP contribution in [0.15, 0.2) is 27.7 Å². The van der Waals surface area contributed by atoms with Crippen molar-refractivity contribution in [1.29, 1.82) is 0 Å². The molecule has 0 amide bonds. The van der Waals surface area contributed by atoms with E-state index in [9.17, 15) is 0 Å². The second-order valence-corrected chi connectivity index (χ2v) is 6.81. The number of nitrogens with zero attached hydrogens (tertiary/aromatic N) is 1. The van der Waals surface area contributed by atoms with Crippen molar-refractivity contribution in [3.63, 3.8) is 0 Å². The summed E-state index contributed by atoms with van der Waals surface area (Å²) in [7, 11) is 0. The van der Waals surface area contributed by atoms with Crippen molar-refractivity contribution in [2.75, 3.05) is 11.9 Å². The van der Waals surface area contributed by atoms with Gasteiger partial charge in [-0.05, 0) is 40.0 Å². The van der Waals surface area contributed by atoms with E-state index in [0.717, 1.165) is 26.9 Å². The van der Waals surface area contributed by atoms with Crippen LogP contribution in [0.5, 0.6) is 0 Å². The van der Waals surface area contributed by atoms with Crippen molar-refractivity contribution in [3.8, 4) is 0 Å². The van der Waals surface area contributed by atoms with Crippen LogP contribution in [-0.4, -0.2) is 17.0 Å². The van der Waals surface area contributed by atoms with Gasteiger partial charge in [0, 0.05) is 14.7 Å². The summed E-state index contributed by atoms with van der Waals surface area (Å²) in [4.78, 5) is 4.51. The number of thioether (sulfide) groups is 1. The Morgan fingerprint density at radius 1 is 1.53 bits per heavy atom. The van der Waals surface area contributed by atoms with E-state index < -0.39 is 0 Å². The highest BCUT2D eigenvalue weighted by Crippen LogP contribution is 2.31. The van der Waals surface area contributed by atoms with Gasteiger partial charge in [-0.25, -0.2) is 0 Å². The molecule has 1 aliphatic rings. The normalized spacial score (nSPS) is 19.6. The Hall–Kier alpha value is -0.190. The SMILES string of the molecule is CC(C)C1CN=C(Nc2cc(Cl)ccc2Br)S1. The minimum atomic E-state index is 0.579. The molecule has 1 heterocycles. The molecule has 0 aliphatic carbocycles. The third-order valence-electron chi connectivity index (χ3n) is 2.59. The van der Waals surface area contributed by atoms with Crippen LogP contribution in [0.1, 0.15) is 13.8 Å². The summed E-state index contributed by atoms with van der Waals surface area (Å²) >= 11 is 11.3. The van der Waals surface area contributed by atoms with E-state index >= 15 is 0 Å². The van der Waals surface area contributed by atoms with Crippen LogP contribution in [-0.2, 0) is 0 Å². The molecule has 92 valence electrons. The maximum atomic E-state index is 5.97. The Labute approximate surface area is 119 Å². The monoisotopic (exact) mass is 332 g/mol. The number of amidine groups is 1. The molecule has 1 aromatic carbocycles. The molecule has 1 aliphatic heterocycles. The van der Waals surface area contributed by atoms with Crippen LogP contribution >= 0.6 is 39.3 Å². The summed E-state index contributed by atoms with van der Waals surface area (Å²) < 4.78 is 0.998. The third kappa shape index (κ3) is 3.39. The molecule has 0 fully saturated rings. The standard InChI is InChI=1S/C12H14BrClN2S/c1-7(2)11-6-15-12(17-11)16-10-5-8(14)3-4-9(10)13/h3-5,7,11H,6H2,1-2H3,(H,15,16). The highest BCUT2D eigenvalue weighted by atomic mass is 79.9. The van der Waals surface area contributed by atoms with E-state index in [1.54, 1.807) is 11.8 Å². The number of hydrogen-bond acceptors (Lipinski definition) is 3. The lowest BCUT2D eigenvalue weighted by molar-refractivity contribution is 0.621. The first-order chi connectivity index (χ1) is 8.06. The number of nitrogens with one attached hydrogen (secondary N) is 1. The van der Waals surface area contributed by atoms with Crippen LogP contribution in [0.3, 0.4) is 0 Å². The smallest absolute Gasteiger partial charge is 0.161 e. The van der Waals surface area contributed by atoms with Gasteiger partial charge in [-0.2, -0.15) is 0 Å². The summed E-state index contributed by atoms with van der Waals surface area (Å²) in [6, 6.07) is 5.69. The Balaban J connectivity index is 2.05.